The number of rotatable bonds is 4. The van der Waals surface area contributed by atoms with Crippen LogP contribution in [0.1, 0.15) is 11.3 Å². The van der Waals surface area contributed by atoms with Crippen molar-refractivity contribution in [2.45, 2.75) is 13.0 Å². The molecule has 0 saturated heterocycles. The second-order valence-electron chi connectivity index (χ2n) is 3.30. The molecule has 0 bridgehead atoms. The highest BCUT2D eigenvalue weighted by Gasteiger charge is 2.06. The van der Waals surface area contributed by atoms with Crippen molar-refractivity contribution in [1.82, 2.24) is 4.98 Å². The molecule has 0 N–H and O–H groups in total. The van der Waals surface area contributed by atoms with Crippen molar-refractivity contribution in [3.63, 3.8) is 0 Å². The molecule has 2 aromatic rings. The fraction of sp³-hybridized carbons (Fsp3) is 0.167. The summed E-state index contributed by atoms with van der Waals surface area (Å²) in [5.74, 6) is -0.241. The van der Waals surface area contributed by atoms with E-state index in [2.05, 4.69) is 4.98 Å². The number of hydrogen-bond donors (Lipinski definition) is 0. The normalized spacial score (nSPS) is 10.0. The van der Waals surface area contributed by atoms with Crippen LogP contribution in [0.5, 0.6) is 0 Å². The molecule has 0 aliphatic rings. The van der Waals surface area contributed by atoms with E-state index in [1.807, 2.05) is 35.7 Å². The highest BCUT2D eigenvalue weighted by molar-refractivity contribution is 7.07. The van der Waals surface area contributed by atoms with Gasteiger partial charge in [-0.2, -0.15) is 0 Å². The lowest BCUT2D eigenvalue weighted by molar-refractivity contribution is -0.144. The van der Waals surface area contributed by atoms with E-state index in [9.17, 15) is 4.79 Å². The number of esters is 1. The number of ether oxygens (including phenoxy) is 1. The van der Waals surface area contributed by atoms with E-state index in [0.29, 0.717) is 6.61 Å². The van der Waals surface area contributed by atoms with Crippen molar-refractivity contribution < 1.29 is 9.53 Å². The van der Waals surface area contributed by atoms with Gasteiger partial charge in [0, 0.05) is 5.38 Å². The maximum absolute atomic E-state index is 11.4. The Kier molecular flexibility index (Phi) is 3.66. The molecular formula is C12H11NO2S. The highest BCUT2D eigenvalue weighted by Crippen LogP contribution is 2.05. The van der Waals surface area contributed by atoms with Crippen LogP contribution in [0.3, 0.4) is 0 Å². The molecule has 82 valence electrons. The standard InChI is InChI=1S/C12H11NO2S/c14-12(6-11-8-16-9-13-11)15-7-10-4-2-1-3-5-10/h1-5,8-9H,6-7H2. The molecule has 0 aliphatic carbocycles. The molecule has 1 aromatic heterocycles. The van der Waals surface area contributed by atoms with Gasteiger partial charge in [-0.1, -0.05) is 30.3 Å². The number of aromatic nitrogens is 1. The first-order valence-electron chi connectivity index (χ1n) is 4.91. The predicted octanol–water partition coefficient (Wildman–Crippen LogP) is 2.43. The summed E-state index contributed by atoms with van der Waals surface area (Å²) in [6.45, 7) is 0.323. The number of thiazole rings is 1. The van der Waals surface area contributed by atoms with E-state index in [-0.39, 0.29) is 12.4 Å². The Morgan fingerprint density at radius 3 is 2.81 bits per heavy atom. The molecular weight excluding hydrogens is 222 g/mol. The van der Waals surface area contributed by atoms with Gasteiger partial charge in [0.05, 0.1) is 17.6 Å². The fourth-order valence-corrected chi connectivity index (χ4v) is 1.82. The van der Waals surface area contributed by atoms with E-state index in [4.69, 9.17) is 4.74 Å². The van der Waals surface area contributed by atoms with Crippen LogP contribution in [0, 0.1) is 0 Å². The Balaban J connectivity index is 1.80. The molecule has 2 rings (SSSR count). The minimum atomic E-state index is -0.241. The molecule has 0 saturated carbocycles. The van der Waals surface area contributed by atoms with Gasteiger partial charge in [0.15, 0.2) is 0 Å². The van der Waals surface area contributed by atoms with E-state index >= 15 is 0 Å². The lowest BCUT2D eigenvalue weighted by Gasteiger charge is -2.03. The Hall–Kier alpha value is -1.68. The third-order valence-electron chi connectivity index (χ3n) is 2.05. The molecule has 0 atom stereocenters. The molecule has 1 aromatic carbocycles. The predicted molar refractivity (Wildman–Crippen MR) is 62.1 cm³/mol. The minimum absolute atomic E-state index is 0.241. The summed E-state index contributed by atoms with van der Waals surface area (Å²) in [6, 6.07) is 9.63. The molecule has 16 heavy (non-hydrogen) atoms. The fourth-order valence-electron chi connectivity index (χ4n) is 1.26. The van der Waals surface area contributed by atoms with Crippen LogP contribution < -0.4 is 0 Å². The summed E-state index contributed by atoms with van der Waals surface area (Å²) >= 11 is 1.48. The molecule has 0 aliphatic heterocycles. The second kappa shape index (κ2) is 5.42. The Labute approximate surface area is 97.7 Å². The third-order valence-corrected chi connectivity index (χ3v) is 2.69. The van der Waals surface area contributed by atoms with Crippen molar-refractivity contribution in [3.05, 3.63) is 52.5 Å². The van der Waals surface area contributed by atoms with Crippen LogP contribution in [0.25, 0.3) is 0 Å². The second-order valence-corrected chi connectivity index (χ2v) is 4.02. The van der Waals surface area contributed by atoms with Gasteiger partial charge < -0.3 is 4.74 Å². The van der Waals surface area contributed by atoms with E-state index in [1.165, 1.54) is 11.3 Å². The Morgan fingerprint density at radius 1 is 1.31 bits per heavy atom. The highest BCUT2D eigenvalue weighted by atomic mass is 32.1. The van der Waals surface area contributed by atoms with E-state index in [0.717, 1.165) is 11.3 Å². The minimum Gasteiger partial charge on any atom is -0.461 e. The largest absolute Gasteiger partial charge is 0.461 e. The lowest BCUT2D eigenvalue weighted by Crippen LogP contribution is -2.08. The van der Waals surface area contributed by atoms with Gasteiger partial charge in [-0.05, 0) is 5.56 Å². The lowest BCUT2D eigenvalue weighted by atomic mass is 10.2. The number of carbonyl (C=O) groups is 1. The van der Waals surface area contributed by atoms with Gasteiger partial charge in [-0.3, -0.25) is 4.79 Å². The smallest absolute Gasteiger partial charge is 0.312 e. The zero-order chi connectivity index (χ0) is 11.2. The Morgan fingerprint density at radius 2 is 2.12 bits per heavy atom. The molecule has 0 radical (unpaired) electrons. The monoisotopic (exact) mass is 233 g/mol. The van der Waals surface area contributed by atoms with Crippen LogP contribution in [0.2, 0.25) is 0 Å². The molecule has 0 spiro atoms. The van der Waals surface area contributed by atoms with Gasteiger partial charge in [0.25, 0.3) is 0 Å². The van der Waals surface area contributed by atoms with E-state index < -0.39 is 0 Å². The SMILES string of the molecule is O=C(Cc1cscn1)OCc1ccccc1. The summed E-state index contributed by atoms with van der Waals surface area (Å²) < 4.78 is 5.13. The molecule has 0 amide bonds. The number of nitrogens with zero attached hydrogens (tertiary/aromatic N) is 1. The maximum atomic E-state index is 11.4. The van der Waals surface area contributed by atoms with Gasteiger partial charge in [0.1, 0.15) is 6.61 Å². The van der Waals surface area contributed by atoms with Crippen LogP contribution >= 0.6 is 11.3 Å². The molecule has 1 heterocycles. The number of hydrogen-bond acceptors (Lipinski definition) is 4. The molecule has 0 unspecified atom stereocenters. The van der Waals surface area contributed by atoms with Gasteiger partial charge in [-0.15, -0.1) is 11.3 Å². The average molecular weight is 233 g/mol. The number of benzene rings is 1. The summed E-state index contributed by atoms with van der Waals surface area (Å²) in [5.41, 5.74) is 3.47. The zero-order valence-electron chi connectivity index (χ0n) is 8.63. The van der Waals surface area contributed by atoms with E-state index in [1.54, 1.807) is 5.51 Å². The quantitative estimate of drug-likeness (QED) is 0.761. The molecule has 3 nitrogen and oxygen atoms in total. The summed E-state index contributed by atoms with van der Waals surface area (Å²) in [7, 11) is 0. The average Bonchev–Trinajstić information content (AvgIpc) is 2.81. The Bertz CT molecular complexity index is 439. The third kappa shape index (κ3) is 3.17. The van der Waals surface area contributed by atoms with Crippen molar-refractivity contribution in [2.24, 2.45) is 0 Å². The van der Waals surface area contributed by atoms with Crippen molar-refractivity contribution >= 4 is 17.3 Å². The van der Waals surface area contributed by atoms with Crippen LogP contribution in [0.4, 0.5) is 0 Å². The number of carbonyl (C=O) groups excluding carboxylic acids is 1. The molecule has 0 fully saturated rings. The van der Waals surface area contributed by atoms with Gasteiger partial charge in [0.2, 0.25) is 0 Å². The topological polar surface area (TPSA) is 39.2 Å². The first-order valence-corrected chi connectivity index (χ1v) is 5.85. The van der Waals surface area contributed by atoms with Crippen molar-refractivity contribution in [1.29, 1.82) is 0 Å². The van der Waals surface area contributed by atoms with Crippen LogP contribution in [0.15, 0.2) is 41.2 Å². The first kappa shape index (κ1) is 10.8. The summed E-state index contributed by atoms with van der Waals surface area (Å²) in [6.07, 6.45) is 0.246. The van der Waals surface area contributed by atoms with Gasteiger partial charge in [-0.25, -0.2) is 4.98 Å². The zero-order valence-corrected chi connectivity index (χ0v) is 9.44. The molecule has 4 heteroatoms. The summed E-state index contributed by atoms with van der Waals surface area (Å²) in [5, 5.41) is 1.85. The maximum Gasteiger partial charge on any atom is 0.312 e. The van der Waals surface area contributed by atoms with Crippen LogP contribution in [-0.2, 0) is 22.6 Å². The van der Waals surface area contributed by atoms with Crippen molar-refractivity contribution in [2.75, 3.05) is 0 Å². The van der Waals surface area contributed by atoms with Crippen molar-refractivity contribution in [3.8, 4) is 0 Å². The van der Waals surface area contributed by atoms with Gasteiger partial charge >= 0.3 is 5.97 Å². The first-order chi connectivity index (χ1) is 7.84. The van der Waals surface area contributed by atoms with Crippen LogP contribution in [-0.4, -0.2) is 11.0 Å². The summed E-state index contributed by atoms with van der Waals surface area (Å²) in [4.78, 5) is 15.5.